The third-order valence-electron chi connectivity index (χ3n) is 1.46. The smallest absolute Gasteiger partial charge is 0.199 e. The lowest BCUT2D eigenvalue weighted by Crippen LogP contribution is -2.36. The minimum atomic E-state index is -1.35. The van der Waals surface area contributed by atoms with Gasteiger partial charge >= 0.3 is 0 Å². The van der Waals surface area contributed by atoms with E-state index in [4.69, 9.17) is 10.2 Å². The summed E-state index contributed by atoms with van der Waals surface area (Å²) in [5.41, 5.74) is -1.35. The summed E-state index contributed by atoms with van der Waals surface area (Å²) in [6.07, 6.45) is -0.0744. The highest BCUT2D eigenvalue weighted by atomic mass is 16.6. The maximum atomic E-state index is 9.26. The molecule has 2 atom stereocenters. The second kappa shape index (κ2) is 2.14. The van der Waals surface area contributed by atoms with E-state index in [1.165, 1.54) is 6.92 Å². The summed E-state index contributed by atoms with van der Waals surface area (Å²) < 4.78 is 4.51. The third kappa shape index (κ3) is 1.22. The molecule has 0 radical (unpaired) electrons. The van der Waals surface area contributed by atoms with Gasteiger partial charge in [-0.1, -0.05) is 0 Å². The Bertz CT molecular complexity index is 161. The fourth-order valence-electron chi connectivity index (χ4n) is 0.763. The van der Waals surface area contributed by atoms with E-state index in [0.717, 1.165) is 6.26 Å². The minimum Gasteiger partial charge on any atom is -0.506 e. The van der Waals surface area contributed by atoms with E-state index < -0.39 is 11.9 Å². The van der Waals surface area contributed by atoms with Crippen molar-refractivity contribution in [2.24, 2.45) is 0 Å². The molecule has 0 aromatic rings. The van der Waals surface area contributed by atoms with Crippen molar-refractivity contribution >= 4 is 0 Å². The molecule has 0 amide bonds. The molecule has 0 fully saturated rings. The molecule has 0 aliphatic carbocycles. The van der Waals surface area contributed by atoms with Crippen LogP contribution in [0.2, 0.25) is 0 Å². The van der Waals surface area contributed by atoms with Gasteiger partial charge in [0.1, 0.15) is 11.9 Å². The van der Waals surface area contributed by atoms with E-state index in [-0.39, 0.29) is 12.2 Å². The molecule has 3 N–H and O–H groups in total. The summed E-state index contributed by atoms with van der Waals surface area (Å²) in [6.45, 7) is 1.41. The van der Waals surface area contributed by atoms with E-state index in [1.54, 1.807) is 0 Å². The molecule has 0 spiro atoms. The molecule has 1 heterocycles. The molecule has 4 nitrogen and oxygen atoms in total. The highest BCUT2D eigenvalue weighted by Gasteiger charge is 2.33. The first-order chi connectivity index (χ1) is 4.52. The highest BCUT2D eigenvalue weighted by molar-refractivity contribution is 5.06. The lowest BCUT2D eigenvalue weighted by molar-refractivity contribution is -0.126. The topological polar surface area (TPSA) is 69.9 Å². The van der Waals surface area contributed by atoms with Crippen molar-refractivity contribution in [1.82, 2.24) is 0 Å². The normalized spacial score (nSPS) is 40.3. The van der Waals surface area contributed by atoms with Gasteiger partial charge < -0.3 is 20.1 Å². The number of ether oxygens (including phenoxy) is 1. The van der Waals surface area contributed by atoms with Gasteiger partial charge in [0.2, 0.25) is 0 Å². The largest absolute Gasteiger partial charge is 0.506 e. The molecule has 0 bridgehead atoms. The quantitative estimate of drug-likeness (QED) is 0.445. The Morgan fingerprint density at radius 2 is 2.40 bits per heavy atom. The number of hydrogen-bond donors (Lipinski definition) is 3. The summed E-state index contributed by atoms with van der Waals surface area (Å²) in [4.78, 5) is 0. The van der Waals surface area contributed by atoms with Crippen molar-refractivity contribution in [3.8, 4) is 0 Å². The lowest BCUT2D eigenvalue weighted by Gasteiger charge is -2.28. The number of rotatable bonds is 0. The maximum Gasteiger partial charge on any atom is 0.199 e. The summed E-state index contributed by atoms with van der Waals surface area (Å²) >= 11 is 0. The Kier molecular flexibility index (Phi) is 1.58. The molecule has 1 aliphatic rings. The van der Waals surface area contributed by atoms with Crippen LogP contribution >= 0.6 is 0 Å². The van der Waals surface area contributed by atoms with E-state index in [2.05, 4.69) is 4.74 Å². The summed E-state index contributed by atoms with van der Waals surface area (Å²) in [5.74, 6) is -0.252. The van der Waals surface area contributed by atoms with Gasteiger partial charge in [-0.25, -0.2) is 0 Å². The van der Waals surface area contributed by atoms with E-state index in [9.17, 15) is 5.11 Å². The third-order valence-corrected chi connectivity index (χ3v) is 1.46. The van der Waals surface area contributed by atoms with Gasteiger partial charge in [0.15, 0.2) is 12.0 Å². The van der Waals surface area contributed by atoms with Crippen LogP contribution in [0.4, 0.5) is 0 Å². The average Bonchev–Trinajstić information content (AvgIpc) is 1.78. The molecule has 1 rings (SSSR count). The fourth-order valence-corrected chi connectivity index (χ4v) is 0.763. The molecule has 0 saturated heterocycles. The summed E-state index contributed by atoms with van der Waals surface area (Å²) in [7, 11) is 0. The standard InChI is InChI=1S/C6H10O4/c1-6(9)2-5(8)10-3-4(6)7/h3,5,7-9H,2H2,1H3. The second-order valence-electron chi connectivity index (χ2n) is 2.57. The summed E-state index contributed by atoms with van der Waals surface area (Å²) in [6, 6.07) is 0. The first-order valence-electron chi connectivity index (χ1n) is 2.98. The Labute approximate surface area is 58.4 Å². The Hall–Kier alpha value is -0.740. The first kappa shape index (κ1) is 7.37. The molecule has 4 heteroatoms. The van der Waals surface area contributed by atoms with E-state index in [0.29, 0.717) is 0 Å². The van der Waals surface area contributed by atoms with Crippen molar-refractivity contribution in [2.75, 3.05) is 0 Å². The van der Waals surface area contributed by atoms with Gasteiger partial charge in [-0.3, -0.25) is 0 Å². The SMILES string of the molecule is CC1(O)CC(O)OC=C1O. The van der Waals surface area contributed by atoms with Crippen molar-refractivity contribution < 1.29 is 20.1 Å². The fraction of sp³-hybridized carbons (Fsp3) is 0.667. The van der Waals surface area contributed by atoms with Crippen LogP contribution in [0.3, 0.4) is 0 Å². The van der Waals surface area contributed by atoms with Crippen molar-refractivity contribution in [2.45, 2.75) is 25.2 Å². The Morgan fingerprint density at radius 3 is 2.80 bits per heavy atom. The van der Waals surface area contributed by atoms with Gasteiger partial charge in [0.25, 0.3) is 0 Å². The number of aliphatic hydroxyl groups excluding tert-OH is 2. The molecular weight excluding hydrogens is 136 g/mol. The van der Waals surface area contributed by atoms with Gasteiger partial charge in [-0.2, -0.15) is 0 Å². The molecule has 10 heavy (non-hydrogen) atoms. The van der Waals surface area contributed by atoms with Crippen LogP contribution in [0.25, 0.3) is 0 Å². The monoisotopic (exact) mass is 146 g/mol. The molecule has 0 saturated carbocycles. The van der Waals surface area contributed by atoms with Crippen molar-refractivity contribution in [3.05, 3.63) is 12.0 Å². The van der Waals surface area contributed by atoms with Crippen LogP contribution in [0, 0.1) is 0 Å². The molecule has 58 valence electrons. The Balaban J connectivity index is 2.76. The van der Waals surface area contributed by atoms with E-state index in [1.807, 2.05) is 0 Å². The predicted octanol–water partition coefficient (Wildman–Crippen LogP) is -0.125. The van der Waals surface area contributed by atoms with Crippen LogP contribution < -0.4 is 0 Å². The Morgan fingerprint density at radius 1 is 1.80 bits per heavy atom. The van der Waals surface area contributed by atoms with Gasteiger partial charge in [0.05, 0.1) is 0 Å². The van der Waals surface area contributed by atoms with Gasteiger partial charge in [-0.05, 0) is 6.92 Å². The molecule has 2 unspecified atom stereocenters. The van der Waals surface area contributed by atoms with Crippen LogP contribution in [0.15, 0.2) is 12.0 Å². The number of aliphatic hydroxyl groups is 3. The van der Waals surface area contributed by atoms with Gasteiger partial charge in [-0.15, -0.1) is 0 Å². The van der Waals surface area contributed by atoms with Gasteiger partial charge in [0, 0.05) is 6.42 Å². The van der Waals surface area contributed by atoms with Crippen LogP contribution in [-0.4, -0.2) is 27.2 Å². The van der Waals surface area contributed by atoms with Crippen LogP contribution in [0.1, 0.15) is 13.3 Å². The second-order valence-corrected chi connectivity index (χ2v) is 2.57. The lowest BCUT2D eigenvalue weighted by atomic mass is 9.99. The zero-order chi connectivity index (χ0) is 7.78. The first-order valence-corrected chi connectivity index (χ1v) is 2.98. The average molecular weight is 146 g/mol. The molecular formula is C6H10O4. The highest BCUT2D eigenvalue weighted by Crippen LogP contribution is 2.24. The molecule has 1 aliphatic heterocycles. The zero-order valence-corrected chi connectivity index (χ0v) is 5.61. The van der Waals surface area contributed by atoms with Crippen molar-refractivity contribution in [3.63, 3.8) is 0 Å². The van der Waals surface area contributed by atoms with E-state index >= 15 is 0 Å². The zero-order valence-electron chi connectivity index (χ0n) is 5.61. The number of hydrogen-bond acceptors (Lipinski definition) is 4. The molecule has 0 aromatic heterocycles. The van der Waals surface area contributed by atoms with Crippen LogP contribution in [-0.2, 0) is 4.74 Å². The minimum absolute atomic E-state index is 0.00463. The summed E-state index contributed by atoms with van der Waals surface area (Å²) in [5, 5.41) is 27.0. The predicted molar refractivity (Wildman–Crippen MR) is 33.0 cm³/mol. The van der Waals surface area contributed by atoms with Crippen LogP contribution in [0.5, 0.6) is 0 Å². The maximum absolute atomic E-state index is 9.26. The molecule has 0 aromatic carbocycles. The van der Waals surface area contributed by atoms with Crippen molar-refractivity contribution in [1.29, 1.82) is 0 Å².